The van der Waals surface area contributed by atoms with Crippen molar-refractivity contribution in [3.05, 3.63) is 12.2 Å². The standard InChI is InChI=1S/C13H22O4/c1-4-5-6-7-8-9-11(14)16-12-10-15-13(2,3)17-12/h10H,4-9H2,1-3H3. The summed E-state index contributed by atoms with van der Waals surface area (Å²) in [7, 11) is 0. The van der Waals surface area contributed by atoms with Crippen molar-refractivity contribution in [3.63, 3.8) is 0 Å². The van der Waals surface area contributed by atoms with Crippen LogP contribution in [0.3, 0.4) is 0 Å². The quantitative estimate of drug-likeness (QED) is 0.506. The van der Waals surface area contributed by atoms with Crippen molar-refractivity contribution < 1.29 is 19.0 Å². The fourth-order valence-electron chi connectivity index (χ4n) is 1.56. The maximum atomic E-state index is 11.4. The first kappa shape index (κ1) is 13.9. The molecule has 0 aliphatic carbocycles. The van der Waals surface area contributed by atoms with Crippen LogP contribution in [0.4, 0.5) is 0 Å². The monoisotopic (exact) mass is 242 g/mol. The molecule has 0 aromatic heterocycles. The van der Waals surface area contributed by atoms with Crippen molar-refractivity contribution >= 4 is 5.97 Å². The lowest BCUT2D eigenvalue weighted by Gasteiger charge is -2.17. The number of hydrogen-bond acceptors (Lipinski definition) is 4. The summed E-state index contributed by atoms with van der Waals surface area (Å²) in [5.41, 5.74) is 0. The first-order valence-corrected chi connectivity index (χ1v) is 6.31. The average molecular weight is 242 g/mol. The molecular weight excluding hydrogens is 220 g/mol. The number of unbranched alkanes of at least 4 members (excludes halogenated alkanes) is 4. The summed E-state index contributed by atoms with van der Waals surface area (Å²) in [6.07, 6.45) is 7.34. The molecule has 0 unspecified atom stereocenters. The highest BCUT2D eigenvalue weighted by atomic mass is 16.8. The molecule has 0 aromatic rings. The Hall–Kier alpha value is -1.19. The minimum Gasteiger partial charge on any atom is -0.453 e. The van der Waals surface area contributed by atoms with E-state index in [-0.39, 0.29) is 11.9 Å². The third-order valence-corrected chi connectivity index (χ3v) is 2.48. The van der Waals surface area contributed by atoms with Gasteiger partial charge in [-0.3, -0.25) is 4.79 Å². The summed E-state index contributed by atoms with van der Waals surface area (Å²) in [5.74, 6) is -0.820. The second-order valence-electron chi connectivity index (χ2n) is 4.69. The first-order valence-electron chi connectivity index (χ1n) is 6.31. The van der Waals surface area contributed by atoms with E-state index in [9.17, 15) is 4.79 Å². The predicted octanol–water partition coefficient (Wildman–Crippen LogP) is 3.47. The second-order valence-corrected chi connectivity index (χ2v) is 4.69. The Morgan fingerprint density at radius 2 is 2.00 bits per heavy atom. The molecular formula is C13H22O4. The van der Waals surface area contributed by atoms with Gasteiger partial charge in [-0.15, -0.1) is 0 Å². The van der Waals surface area contributed by atoms with E-state index in [4.69, 9.17) is 14.2 Å². The Morgan fingerprint density at radius 1 is 1.29 bits per heavy atom. The molecule has 4 nitrogen and oxygen atoms in total. The zero-order valence-corrected chi connectivity index (χ0v) is 11.0. The van der Waals surface area contributed by atoms with Gasteiger partial charge in [-0.1, -0.05) is 32.6 Å². The molecule has 4 heteroatoms. The van der Waals surface area contributed by atoms with Crippen molar-refractivity contribution in [2.75, 3.05) is 0 Å². The Kier molecular flexibility index (Phi) is 5.32. The zero-order valence-electron chi connectivity index (χ0n) is 11.0. The van der Waals surface area contributed by atoms with Crippen molar-refractivity contribution in [1.29, 1.82) is 0 Å². The van der Waals surface area contributed by atoms with Gasteiger partial charge in [-0.05, 0) is 6.42 Å². The van der Waals surface area contributed by atoms with Crippen LogP contribution in [0, 0.1) is 0 Å². The van der Waals surface area contributed by atoms with E-state index in [0.29, 0.717) is 6.42 Å². The van der Waals surface area contributed by atoms with E-state index in [2.05, 4.69) is 6.92 Å². The lowest BCUT2D eigenvalue weighted by atomic mass is 10.1. The molecule has 0 saturated heterocycles. The highest BCUT2D eigenvalue weighted by Crippen LogP contribution is 2.25. The minimum absolute atomic E-state index is 0.161. The summed E-state index contributed by atoms with van der Waals surface area (Å²) in [6, 6.07) is 0. The fraction of sp³-hybridized carbons (Fsp3) is 0.769. The smallest absolute Gasteiger partial charge is 0.326 e. The fourth-order valence-corrected chi connectivity index (χ4v) is 1.56. The van der Waals surface area contributed by atoms with E-state index in [0.717, 1.165) is 12.8 Å². The molecule has 1 aliphatic heterocycles. The minimum atomic E-state index is -0.725. The molecule has 0 saturated carbocycles. The molecule has 0 amide bonds. The molecule has 17 heavy (non-hydrogen) atoms. The lowest BCUT2D eigenvalue weighted by Crippen LogP contribution is -2.21. The van der Waals surface area contributed by atoms with Gasteiger partial charge in [0, 0.05) is 20.3 Å². The van der Waals surface area contributed by atoms with E-state index < -0.39 is 5.79 Å². The zero-order chi connectivity index (χ0) is 12.7. The Morgan fingerprint density at radius 3 is 2.59 bits per heavy atom. The Balaban J connectivity index is 2.10. The van der Waals surface area contributed by atoms with Gasteiger partial charge in [-0.25, -0.2) is 0 Å². The third kappa shape index (κ3) is 5.61. The summed E-state index contributed by atoms with van der Waals surface area (Å²) in [4.78, 5) is 11.4. The molecule has 0 aromatic carbocycles. The molecule has 0 N–H and O–H groups in total. The summed E-state index contributed by atoms with van der Waals surface area (Å²) in [5, 5.41) is 0. The van der Waals surface area contributed by atoms with Crippen LogP contribution in [0.5, 0.6) is 0 Å². The molecule has 0 bridgehead atoms. The molecule has 0 fully saturated rings. The molecule has 0 spiro atoms. The summed E-state index contributed by atoms with van der Waals surface area (Å²) in [6.45, 7) is 5.68. The normalized spacial score (nSPS) is 17.0. The molecule has 1 heterocycles. The molecule has 1 aliphatic rings. The van der Waals surface area contributed by atoms with Gasteiger partial charge in [0.2, 0.25) is 5.79 Å². The first-order chi connectivity index (χ1) is 8.03. The topological polar surface area (TPSA) is 44.8 Å². The number of esters is 1. The maximum Gasteiger partial charge on any atom is 0.326 e. The van der Waals surface area contributed by atoms with Gasteiger partial charge >= 0.3 is 11.9 Å². The van der Waals surface area contributed by atoms with Crippen molar-refractivity contribution in [1.82, 2.24) is 0 Å². The number of carbonyl (C=O) groups is 1. The van der Waals surface area contributed by atoms with Crippen LogP contribution >= 0.6 is 0 Å². The Labute approximate surface area is 103 Å². The maximum absolute atomic E-state index is 11.4. The van der Waals surface area contributed by atoms with E-state index in [1.54, 1.807) is 13.8 Å². The van der Waals surface area contributed by atoms with E-state index >= 15 is 0 Å². The average Bonchev–Trinajstić information content (AvgIpc) is 2.57. The molecule has 98 valence electrons. The van der Waals surface area contributed by atoms with Crippen LogP contribution in [-0.2, 0) is 19.0 Å². The van der Waals surface area contributed by atoms with Crippen LogP contribution in [0.15, 0.2) is 12.2 Å². The number of rotatable bonds is 7. The Bertz CT molecular complexity index is 281. The SMILES string of the molecule is CCCCCCCC(=O)OC1=COC(C)(C)O1. The van der Waals surface area contributed by atoms with Crippen molar-refractivity contribution in [3.8, 4) is 0 Å². The van der Waals surface area contributed by atoms with Gasteiger partial charge in [-0.2, -0.15) is 0 Å². The van der Waals surface area contributed by atoms with Crippen LogP contribution in [0.1, 0.15) is 59.3 Å². The van der Waals surface area contributed by atoms with Crippen LogP contribution < -0.4 is 0 Å². The second kappa shape index (κ2) is 6.52. The number of hydrogen-bond donors (Lipinski definition) is 0. The van der Waals surface area contributed by atoms with Crippen molar-refractivity contribution in [2.45, 2.75) is 65.1 Å². The van der Waals surface area contributed by atoms with Gasteiger partial charge in [0.25, 0.3) is 0 Å². The molecule has 0 radical (unpaired) electrons. The number of ether oxygens (including phenoxy) is 3. The van der Waals surface area contributed by atoms with E-state index in [1.165, 1.54) is 25.5 Å². The highest BCUT2D eigenvalue weighted by molar-refractivity contribution is 5.70. The van der Waals surface area contributed by atoms with E-state index in [1.807, 2.05) is 0 Å². The third-order valence-electron chi connectivity index (χ3n) is 2.48. The highest BCUT2D eigenvalue weighted by Gasteiger charge is 2.29. The lowest BCUT2D eigenvalue weighted by molar-refractivity contribution is -0.161. The van der Waals surface area contributed by atoms with Crippen molar-refractivity contribution in [2.24, 2.45) is 0 Å². The summed E-state index contributed by atoms with van der Waals surface area (Å²) < 4.78 is 15.4. The van der Waals surface area contributed by atoms with Gasteiger partial charge in [0.15, 0.2) is 6.26 Å². The van der Waals surface area contributed by atoms with Gasteiger partial charge in [0.1, 0.15) is 0 Å². The molecule has 1 rings (SSSR count). The largest absolute Gasteiger partial charge is 0.453 e. The van der Waals surface area contributed by atoms with Crippen LogP contribution in [0.25, 0.3) is 0 Å². The molecule has 0 atom stereocenters. The van der Waals surface area contributed by atoms with Crippen LogP contribution in [-0.4, -0.2) is 11.8 Å². The predicted molar refractivity (Wildman–Crippen MR) is 63.8 cm³/mol. The number of carbonyl (C=O) groups excluding carboxylic acids is 1. The summed E-state index contributed by atoms with van der Waals surface area (Å²) >= 11 is 0. The van der Waals surface area contributed by atoms with Gasteiger partial charge in [0.05, 0.1) is 0 Å². The van der Waals surface area contributed by atoms with Gasteiger partial charge < -0.3 is 14.2 Å². The van der Waals surface area contributed by atoms with Crippen LogP contribution in [0.2, 0.25) is 0 Å².